The van der Waals surface area contributed by atoms with E-state index in [9.17, 15) is 9.59 Å². The molecule has 7 nitrogen and oxygen atoms in total. The second kappa shape index (κ2) is 5.57. The number of cyclic esters (lactones) is 1. The van der Waals surface area contributed by atoms with E-state index in [4.69, 9.17) is 16.2 Å². The maximum absolute atomic E-state index is 11.5. The van der Waals surface area contributed by atoms with Crippen molar-refractivity contribution in [1.82, 2.24) is 0 Å². The minimum absolute atomic E-state index is 0. The number of hydrogen-bond donors (Lipinski definition) is 3. The van der Waals surface area contributed by atoms with E-state index in [2.05, 4.69) is 4.74 Å². The number of hydrogen-bond acceptors (Lipinski definition) is 4. The average molecular weight is 286 g/mol. The molecule has 1 saturated heterocycles. The first-order chi connectivity index (χ1) is 8.49. The van der Waals surface area contributed by atoms with Crippen molar-refractivity contribution in [2.24, 2.45) is 5.73 Å². The number of amides is 1. The van der Waals surface area contributed by atoms with Crippen LogP contribution in [0.25, 0.3) is 0 Å². The zero-order valence-corrected chi connectivity index (χ0v) is 10.5. The van der Waals surface area contributed by atoms with Gasteiger partial charge in [-0.2, -0.15) is 0 Å². The third kappa shape index (κ3) is 2.94. The smallest absolute Gasteiger partial charge is 0.415 e. The Morgan fingerprint density at radius 3 is 2.42 bits per heavy atom. The number of benzene rings is 1. The van der Waals surface area contributed by atoms with Gasteiger partial charge in [0.25, 0.3) is 0 Å². The molecule has 1 aromatic rings. The summed E-state index contributed by atoms with van der Waals surface area (Å²) in [4.78, 5) is 23.4. The first-order valence-electron chi connectivity index (χ1n) is 5.14. The molecule has 1 atom stereocenters. The number of nitrogens with two attached hydrogens (primary N) is 1. The van der Waals surface area contributed by atoms with Gasteiger partial charge in [0, 0.05) is 11.3 Å². The van der Waals surface area contributed by atoms with Gasteiger partial charge in [-0.1, -0.05) is 0 Å². The number of ether oxygens (including phenoxy) is 1. The summed E-state index contributed by atoms with van der Waals surface area (Å²) in [6, 6.07) is 6.34. The number of nitrogen functional groups attached to an aromatic ring is 1. The Morgan fingerprint density at radius 1 is 1.42 bits per heavy atom. The molecular formula is C11H12ClN3O4. The van der Waals surface area contributed by atoms with Crippen molar-refractivity contribution >= 4 is 36.0 Å². The Balaban J connectivity index is 0.00000180. The molecule has 1 amide bonds. The lowest BCUT2D eigenvalue weighted by Crippen LogP contribution is -2.27. The molecule has 19 heavy (non-hydrogen) atoms. The van der Waals surface area contributed by atoms with Crippen molar-refractivity contribution in [3.8, 4) is 0 Å². The van der Waals surface area contributed by atoms with Crippen LogP contribution in [0.4, 0.5) is 10.5 Å². The maximum Gasteiger partial charge on any atom is 0.415 e. The van der Waals surface area contributed by atoms with E-state index in [0.717, 1.165) is 0 Å². The van der Waals surface area contributed by atoms with E-state index in [0.29, 0.717) is 11.3 Å². The fourth-order valence-corrected chi connectivity index (χ4v) is 1.62. The molecule has 4 N–H and O–H groups in total. The van der Waals surface area contributed by atoms with Crippen LogP contribution in [-0.4, -0.2) is 35.7 Å². The predicted molar refractivity (Wildman–Crippen MR) is 70.0 cm³/mol. The fourth-order valence-electron chi connectivity index (χ4n) is 1.62. The first kappa shape index (κ1) is 14.8. The van der Waals surface area contributed by atoms with Crippen LogP contribution in [0.15, 0.2) is 24.3 Å². The molecule has 0 spiro atoms. The molecule has 102 valence electrons. The van der Waals surface area contributed by atoms with Crippen LogP contribution in [0.5, 0.6) is 0 Å². The highest BCUT2D eigenvalue weighted by molar-refractivity contribution is 5.97. The number of aliphatic carboxylic acids is 1. The van der Waals surface area contributed by atoms with Crippen molar-refractivity contribution in [1.29, 1.82) is 5.41 Å². The normalized spacial score (nSPS) is 17.6. The highest BCUT2D eigenvalue weighted by atomic mass is 35.5. The monoisotopic (exact) mass is 285 g/mol. The van der Waals surface area contributed by atoms with E-state index in [1.807, 2.05) is 0 Å². The molecule has 1 aliphatic rings. The van der Waals surface area contributed by atoms with Crippen molar-refractivity contribution in [2.75, 3.05) is 11.4 Å². The number of nitrogens with zero attached hydrogens (tertiary/aromatic N) is 1. The highest BCUT2D eigenvalue weighted by Crippen LogP contribution is 2.22. The van der Waals surface area contributed by atoms with Crippen LogP contribution in [-0.2, 0) is 9.53 Å². The molecule has 2 rings (SSSR count). The summed E-state index contributed by atoms with van der Waals surface area (Å²) in [7, 11) is 0. The van der Waals surface area contributed by atoms with Crippen LogP contribution >= 0.6 is 12.4 Å². The minimum atomic E-state index is -1.17. The number of carboxylic acids is 1. The van der Waals surface area contributed by atoms with Crippen LogP contribution in [0, 0.1) is 5.41 Å². The van der Waals surface area contributed by atoms with Gasteiger partial charge < -0.3 is 15.6 Å². The molecule has 8 heteroatoms. The number of nitrogens with one attached hydrogen (secondary N) is 1. The van der Waals surface area contributed by atoms with Crippen molar-refractivity contribution in [3.05, 3.63) is 29.8 Å². The van der Waals surface area contributed by atoms with Crippen LogP contribution < -0.4 is 10.6 Å². The van der Waals surface area contributed by atoms with Gasteiger partial charge in [0.1, 0.15) is 5.84 Å². The lowest BCUT2D eigenvalue weighted by molar-refractivity contribution is -0.144. The minimum Gasteiger partial charge on any atom is -0.478 e. The van der Waals surface area contributed by atoms with E-state index >= 15 is 0 Å². The molecule has 0 radical (unpaired) electrons. The summed E-state index contributed by atoms with van der Waals surface area (Å²) in [5, 5.41) is 16.0. The van der Waals surface area contributed by atoms with Crippen molar-refractivity contribution in [2.45, 2.75) is 6.10 Å². The fraction of sp³-hybridized carbons (Fsp3) is 0.182. The Morgan fingerprint density at radius 2 is 2.00 bits per heavy atom. The van der Waals surface area contributed by atoms with Crippen LogP contribution in [0.1, 0.15) is 5.56 Å². The Kier molecular flexibility index (Phi) is 4.34. The van der Waals surface area contributed by atoms with Gasteiger partial charge in [0.05, 0.1) is 6.54 Å². The van der Waals surface area contributed by atoms with Gasteiger partial charge in [-0.05, 0) is 24.3 Å². The standard InChI is InChI=1S/C11H11N3O4.ClH/c12-9(13)6-1-3-7(4-2-6)14-5-8(10(15)16)18-11(14)17;/h1-4,8H,5H2,(H3,12,13)(H,15,16);1H. The second-order valence-electron chi connectivity index (χ2n) is 3.78. The topological polar surface area (TPSA) is 117 Å². The molecule has 1 aliphatic heterocycles. The number of rotatable bonds is 3. The Hall–Kier alpha value is -2.28. The zero-order valence-electron chi connectivity index (χ0n) is 9.70. The third-order valence-corrected chi connectivity index (χ3v) is 2.58. The summed E-state index contributed by atoms with van der Waals surface area (Å²) >= 11 is 0. The SMILES string of the molecule is Cl.N=C(N)c1ccc(N2CC(C(=O)O)OC2=O)cc1. The Bertz CT molecular complexity index is 517. The maximum atomic E-state index is 11.5. The van der Waals surface area contributed by atoms with E-state index in [1.54, 1.807) is 24.3 Å². The summed E-state index contributed by atoms with van der Waals surface area (Å²) in [5.74, 6) is -1.25. The molecule has 1 aromatic carbocycles. The largest absolute Gasteiger partial charge is 0.478 e. The van der Waals surface area contributed by atoms with Crippen LogP contribution in [0.2, 0.25) is 0 Å². The predicted octanol–water partition coefficient (Wildman–Crippen LogP) is 0.802. The van der Waals surface area contributed by atoms with Crippen molar-refractivity contribution < 1.29 is 19.4 Å². The number of carbonyl (C=O) groups excluding carboxylic acids is 1. The van der Waals surface area contributed by atoms with Gasteiger partial charge in [-0.25, -0.2) is 9.59 Å². The quantitative estimate of drug-likeness (QED) is 0.561. The van der Waals surface area contributed by atoms with Gasteiger partial charge >= 0.3 is 12.1 Å². The summed E-state index contributed by atoms with van der Waals surface area (Å²) in [6.45, 7) is -0.0341. The van der Waals surface area contributed by atoms with Gasteiger partial charge in [0.15, 0.2) is 0 Å². The first-order valence-corrected chi connectivity index (χ1v) is 5.14. The number of anilines is 1. The Labute approximate surface area is 114 Å². The molecule has 1 heterocycles. The lowest BCUT2D eigenvalue weighted by atomic mass is 10.2. The number of halogens is 1. The third-order valence-electron chi connectivity index (χ3n) is 2.58. The molecule has 0 saturated carbocycles. The summed E-state index contributed by atoms with van der Waals surface area (Å²) in [6.07, 6.45) is -1.84. The van der Waals surface area contributed by atoms with E-state index in [1.165, 1.54) is 4.90 Å². The molecule has 1 unspecified atom stereocenters. The van der Waals surface area contributed by atoms with Crippen LogP contribution in [0.3, 0.4) is 0 Å². The summed E-state index contributed by atoms with van der Waals surface area (Å²) in [5.41, 5.74) is 6.34. The van der Waals surface area contributed by atoms with Gasteiger partial charge in [-0.15, -0.1) is 12.4 Å². The average Bonchev–Trinajstić information content (AvgIpc) is 2.71. The van der Waals surface area contributed by atoms with Gasteiger partial charge in [0.2, 0.25) is 6.10 Å². The zero-order chi connectivity index (χ0) is 13.3. The number of carbonyl (C=O) groups is 2. The molecule has 1 fully saturated rings. The molecule has 0 bridgehead atoms. The number of amidine groups is 1. The van der Waals surface area contributed by atoms with E-state index < -0.39 is 18.2 Å². The summed E-state index contributed by atoms with van der Waals surface area (Å²) < 4.78 is 4.69. The van der Waals surface area contributed by atoms with Gasteiger partial charge in [-0.3, -0.25) is 10.3 Å². The van der Waals surface area contributed by atoms with Crippen molar-refractivity contribution in [3.63, 3.8) is 0 Å². The molecule has 0 aromatic heterocycles. The molecular weight excluding hydrogens is 274 g/mol. The highest BCUT2D eigenvalue weighted by Gasteiger charge is 2.36. The lowest BCUT2D eigenvalue weighted by Gasteiger charge is -2.12. The second-order valence-corrected chi connectivity index (χ2v) is 3.78. The van der Waals surface area contributed by atoms with E-state index in [-0.39, 0.29) is 24.8 Å². The number of carboxylic acid groups (broad SMARTS) is 1. The molecule has 0 aliphatic carbocycles.